The second-order valence-corrected chi connectivity index (χ2v) is 5.79. The molecule has 0 bridgehead atoms. The van der Waals surface area contributed by atoms with E-state index in [1.54, 1.807) is 0 Å². The van der Waals surface area contributed by atoms with Gasteiger partial charge in [-0.2, -0.15) is 0 Å². The maximum atomic E-state index is 4.58. The van der Waals surface area contributed by atoms with E-state index in [4.69, 9.17) is 0 Å². The van der Waals surface area contributed by atoms with Crippen LogP contribution in [0.3, 0.4) is 0 Å². The molecular formula is C13H20N2S. The van der Waals surface area contributed by atoms with Gasteiger partial charge in [-0.1, -0.05) is 6.42 Å². The number of hydrogen-bond acceptors (Lipinski definition) is 3. The molecule has 1 aromatic heterocycles. The summed E-state index contributed by atoms with van der Waals surface area (Å²) >= 11 is 1.89. The fraction of sp³-hybridized carbons (Fsp3) is 0.615. The minimum absolute atomic E-state index is 0.943. The van der Waals surface area contributed by atoms with Crippen LogP contribution in [0, 0.1) is 13.8 Å². The van der Waals surface area contributed by atoms with Gasteiger partial charge in [0.05, 0.1) is 12.4 Å². The van der Waals surface area contributed by atoms with Gasteiger partial charge in [-0.25, -0.2) is 0 Å². The summed E-state index contributed by atoms with van der Waals surface area (Å²) in [4.78, 5) is 7.43. The number of nitrogens with zero attached hydrogens (tertiary/aromatic N) is 1. The Morgan fingerprint density at radius 1 is 1.31 bits per heavy atom. The highest BCUT2D eigenvalue weighted by Crippen LogP contribution is 2.20. The van der Waals surface area contributed by atoms with Crippen molar-refractivity contribution in [3.05, 3.63) is 21.4 Å². The molecule has 16 heavy (non-hydrogen) atoms. The van der Waals surface area contributed by atoms with Crippen molar-refractivity contribution in [3.8, 4) is 0 Å². The van der Waals surface area contributed by atoms with Gasteiger partial charge in [0.25, 0.3) is 0 Å². The molecule has 1 N–H and O–H groups in total. The first-order chi connectivity index (χ1) is 7.75. The molecule has 0 spiro atoms. The summed E-state index contributed by atoms with van der Waals surface area (Å²) in [5, 5.41) is 3.48. The molecule has 3 heteroatoms. The number of rotatable bonds is 2. The zero-order valence-corrected chi connectivity index (χ0v) is 11.0. The van der Waals surface area contributed by atoms with Crippen LogP contribution in [0.1, 0.15) is 41.0 Å². The van der Waals surface area contributed by atoms with Crippen LogP contribution in [0.25, 0.3) is 0 Å². The number of amidine groups is 1. The molecule has 0 amide bonds. The van der Waals surface area contributed by atoms with Crippen molar-refractivity contribution in [1.82, 2.24) is 5.32 Å². The summed E-state index contributed by atoms with van der Waals surface area (Å²) in [6, 6.07) is 2.28. The Balaban J connectivity index is 1.88. The van der Waals surface area contributed by atoms with Crippen LogP contribution in [-0.4, -0.2) is 12.4 Å². The molecule has 0 saturated carbocycles. The molecule has 2 heterocycles. The Labute approximate surface area is 102 Å². The van der Waals surface area contributed by atoms with E-state index in [9.17, 15) is 0 Å². The summed E-state index contributed by atoms with van der Waals surface area (Å²) in [6.45, 7) is 6.31. The number of thiophene rings is 1. The normalized spacial score (nSPS) is 16.8. The van der Waals surface area contributed by atoms with Crippen LogP contribution in [0.15, 0.2) is 11.1 Å². The average Bonchev–Trinajstić information content (AvgIpc) is 2.50. The molecule has 0 aliphatic carbocycles. The van der Waals surface area contributed by atoms with Gasteiger partial charge in [0, 0.05) is 22.7 Å². The minimum Gasteiger partial charge on any atom is -0.369 e. The number of aryl methyl sites for hydroxylation is 2. The van der Waals surface area contributed by atoms with Gasteiger partial charge in [-0.3, -0.25) is 4.99 Å². The third-order valence-corrected chi connectivity index (χ3v) is 4.21. The van der Waals surface area contributed by atoms with Gasteiger partial charge in [0.1, 0.15) is 0 Å². The summed E-state index contributed by atoms with van der Waals surface area (Å²) < 4.78 is 0. The van der Waals surface area contributed by atoms with Gasteiger partial charge in [0.15, 0.2) is 0 Å². The van der Waals surface area contributed by atoms with Gasteiger partial charge in [0.2, 0.25) is 0 Å². The van der Waals surface area contributed by atoms with Crippen molar-refractivity contribution in [2.24, 2.45) is 4.99 Å². The van der Waals surface area contributed by atoms with Crippen molar-refractivity contribution >= 4 is 17.2 Å². The van der Waals surface area contributed by atoms with Gasteiger partial charge in [-0.05, 0) is 38.3 Å². The molecule has 2 rings (SSSR count). The molecular weight excluding hydrogens is 216 g/mol. The summed E-state index contributed by atoms with van der Waals surface area (Å²) in [5.74, 6) is 1.21. The second kappa shape index (κ2) is 5.48. The lowest BCUT2D eigenvalue weighted by Gasteiger charge is -2.06. The van der Waals surface area contributed by atoms with Gasteiger partial charge in [-0.15, -0.1) is 11.3 Å². The van der Waals surface area contributed by atoms with Crippen molar-refractivity contribution in [2.75, 3.05) is 6.54 Å². The van der Waals surface area contributed by atoms with Crippen molar-refractivity contribution < 1.29 is 0 Å². The predicted octanol–water partition coefficient (Wildman–Crippen LogP) is 3.43. The molecule has 1 aromatic rings. The fourth-order valence-corrected chi connectivity index (χ4v) is 2.94. The zero-order valence-electron chi connectivity index (χ0n) is 10.2. The van der Waals surface area contributed by atoms with Crippen LogP contribution in [0.5, 0.6) is 0 Å². The largest absolute Gasteiger partial charge is 0.369 e. The SMILES string of the molecule is Cc1cc(CNC2=NCCCCC2)sc1C. The highest BCUT2D eigenvalue weighted by molar-refractivity contribution is 7.12. The summed E-state index contributed by atoms with van der Waals surface area (Å²) in [6.07, 6.45) is 4.99. The monoisotopic (exact) mass is 236 g/mol. The molecule has 0 saturated heterocycles. The van der Waals surface area contributed by atoms with Crippen LogP contribution in [0.2, 0.25) is 0 Å². The Morgan fingerprint density at radius 2 is 2.19 bits per heavy atom. The van der Waals surface area contributed by atoms with E-state index in [1.807, 2.05) is 11.3 Å². The predicted molar refractivity (Wildman–Crippen MR) is 71.4 cm³/mol. The molecule has 0 radical (unpaired) electrons. The van der Waals surface area contributed by atoms with E-state index in [1.165, 1.54) is 40.4 Å². The van der Waals surface area contributed by atoms with E-state index in [-0.39, 0.29) is 0 Å². The molecule has 1 aliphatic heterocycles. The molecule has 88 valence electrons. The van der Waals surface area contributed by atoms with E-state index in [2.05, 4.69) is 30.2 Å². The van der Waals surface area contributed by atoms with Crippen molar-refractivity contribution in [1.29, 1.82) is 0 Å². The Morgan fingerprint density at radius 3 is 2.94 bits per heavy atom. The third kappa shape index (κ3) is 3.08. The quantitative estimate of drug-likeness (QED) is 0.836. The highest BCUT2D eigenvalue weighted by Gasteiger charge is 2.05. The topological polar surface area (TPSA) is 24.4 Å². The molecule has 0 aromatic carbocycles. The summed E-state index contributed by atoms with van der Waals surface area (Å²) in [5.41, 5.74) is 1.41. The Bertz CT molecular complexity index is 360. The Kier molecular flexibility index (Phi) is 3.99. The molecule has 1 aliphatic rings. The lowest BCUT2D eigenvalue weighted by Crippen LogP contribution is -2.22. The lowest BCUT2D eigenvalue weighted by molar-refractivity contribution is 0.728. The van der Waals surface area contributed by atoms with E-state index in [0.29, 0.717) is 0 Å². The fourth-order valence-electron chi connectivity index (χ4n) is 1.94. The maximum absolute atomic E-state index is 4.58. The summed E-state index contributed by atoms with van der Waals surface area (Å²) in [7, 11) is 0. The van der Waals surface area contributed by atoms with Crippen LogP contribution >= 0.6 is 11.3 Å². The van der Waals surface area contributed by atoms with Crippen LogP contribution in [0.4, 0.5) is 0 Å². The molecule has 0 unspecified atom stereocenters. The molecule has 0 atom stereocenters. The van der Waals surface area contributed by atoms with E-state index in [0.717, 1.165) is 19.5 Å². The standard InChI is InChI=1S/C13H20N2S/c1-10-8-12(16-11(10)2)9-15-13-6-4-3-5-7-14-13/h8H,3-7,9H2,1-2H3,(H,14,15). The van der Waals surface area contributed by atoms with E-state index < -0.39 is 0 Å². The molecule has 2 nitrogen and oxygen atoms in total. The highest BCUT2D eigenvalue weighted by atomic mass is 32.1. The first-order valence-corrected chi connectivity index (χ1v) is 6.90. The van der Waals surface area contributed by atoms with Crippen molar-refractivity contribution in [3.63, 3.8) is 0 Å². The van der Waals surface area contributed by atoms with Gasteiger partial charge < -0.3 is 5.32 Å². The number of aliphatic imine (C=N–C) groups is 1. The Hall–Kier alpha value is -0.830. The second-order valence-electron chi connectivity index (χ2n) is 4.44. The number of nitrogens with one attached hydrogen (secondary N) is 1. The smallest absolute Gasteiger partial charge is 0.0965 e. The lowest BCUT2D eigenvalue weighted by atomic mass is 10.2. The minimum atomic E-state index is 0.943. The van der Waals surface area contributed by atoms with Crippen LogP contribution < -0.4 is 5.32 Å². The third-order valence-electron chi connectivity index (χ3n) is 3.06. The van der Waals surface area contributed by atoms with Crippen molar-refractivity contribution in [2.45, 2.75) is 46.1 Å². The molecule has 0 fully saturated rings. The van der Waals surface area contributed by atoms with E-state index >= 15 is 0 Å². The van der Waals surface area contributed by atoms with Crippen LogP contribution in [-0.2, 0) is 6.54 Å². The first kappa shape index (κ1) is 11.6. The average molecular weight is 236 g/mol. The number of hydrogen-bond donors (Lipinski definition) is 1. The maximum Gasteiger partial charge on any atom is 0.0965 e. The van der Waals surface area contributed by atoms with Gasteiger partial charge >= 0.3 is 0 Å². The zero-order chi connectivity index (χ0) is 11.4. The first-order valence-electron chi connectivity index (χ1n) is 6.09.